The maximum Gasteiger partial charge on any atom is 0.323 e. The lowest BCUT2D eigenvalue weighted by Crippen LogP contribution is -2.46. The van der Waals surface area contributed by atoms with E-state index in [1.54, 1.807) is 18.2 Å². The number of benzene rings is 2. The summed E-state index contributed by atoms with van der Waals surface area (Å²) in [5.74, 6) is -0.903. The van der Waals surface area contributed by atoms with Crippen LogP contribution in [0.4, 0.5) is 20.6 Å². The number of rotatable bonds is 5. The van der Waals surface area contributed by atoms with E-state index in [1.165, 1.54) is 24.3 Å². The molecule has 2 aliphatic rings. The molecule has 0 aromatic heterocycles. The van der Waals surface area contributed by atoms with E-state index in [2.05, 4.69) is 10.6 Å². The number of carbonyl (C=O) groups is 2. The average molecular weight is 416 g/mol. The number of carboxylic acids is 1. The summed E-state index contributed by atoms with van der Waals surface area (Å²) in [6.45, 7) is -0.281. The number of anilines is 2. The number of carboxylic acid groups (broad SMARTS) is 1. The van der Waals surface area contributed by atoms with Crippen LogP contribution in [0.1, 0.15) is 24.3 Å². The van der Waals surface area contributed by atoms with Crippen LogP contribution >= 0.6 is 0 Å². The summed E-state index contributed by atoms with van der Waals surface area (Å²) in [4.78, 5) is 23.4. The Labute approximate surface area is 171 Å². The molecule has 9 heteroatoms. The first-order valence-corrected chi connectivity index (χ1v) is 9.55. The molecule has 0 unspecified atom stereocenters. The van der Waals surface area contributed by atoms with E-state index in [9.17, 15) is 19.1 Å². The minimum absolute atomic E-state index is 0.155. The molecule has 2 aliphatic heterocycles. The summed E-state index contributed by atoms with van der Waals surface area (Å²) >= 11 is 0. The van der Waals surface area contributed by atoms with Gasteiger partial charge in [-0.1, -0.05) is 0 Å². The Morgan fingerprint density at radius 1 is 1.10 bits per heavy atom. The third-order valence-electron chi connectivity index (χ3n) is 5.26. The number of aliphatic carboxylic acids is 1. The van der Waals surface area contributed by atoms with Crippen molar-refractivity contribution in [3.05, 3.63) is 53.8 Å². The van der Waals surface area contributed by atoms with Gasteiger partial charge in [0.15, 0.2) is 0 Å². The van der Waals surface area contributed by atoms with Crippen molar-refractivity contribution < 1.29 is 33.7 Å². The molecule has 1 fully saturated rings. The summed E-state index contributed by atoms with van der Waals surface area (Å²) in [5, 5.41) is 24.1. The predicted molar refractivity (Wildman–Crippen MR) is 105 cm³/mol. The van der Waals surface area contributed by atoms with Gasteiger partial charge in [-0.25, -0.2) is 9.18 Å². The number of fused-ring (bicyclic) bond motifs is 3. The van der Waals surface area contributed by atoms with Gasteiger partial charge in [-0.3, -0.25) is 4.79 Å². The fourth-order valence-corrected chi connectivity index (χ4v) is 3.99. The van der Waals surface area contributed by atoms with E-state index in [-0.39, 0.29) is 18.9 Å². The quantitative estimate of drug-likeness (QED) is 0.595. The number of hydrogen-bond donors (Lipinski definition) is 4. The molecule has 0 radical (unpaired) electrons. The van der Waals surface area contributed by atoms with Crippen molar-refractivity contribution in [2.75, 3.05) is 17.2 Å². The maximum absolute atomic E-state index is 13.0. The molecule has 30 heavy (non-hydrogen) atoms. The highest BCUT2D eigenvalue weighted by molar-refractivity contribution is 5.99. The van der Waals surface area contributed by atoms with Crippen LogP contribution < -0.4 is 15.4 Å². The third kappa shape index (κ3) is 4.22. The Morgan fingerprint density at radius 2 is 1.80 bits per heavy atom. The molecule has 0 saturated carbocycles. The summed E-state index contributed by atoms with van der Waals surface area (Å²) in [6.07, 6.45) is -1.30. The lowest BCUT2D eigenvalue weighted by molar-refractivity contribution is -0.153. The average Bonchev–Trinajstić information content (AvgIpc) is 3.06. The van der Waals surface area contributed by atoms with Crippen molar-refractivity contribution in [2.24, 2.45) is 0 Å². The second-order valence-corrected chi connectivity index (χ2v) is 7.34. The molecule has 0 bridgehead atoms. The second-order valence-electron chi connectivity index (χ2n) is 7.34. The van der Waals surface area contributed by atoms with Gasteiger partial charge in [0.1, 0.15) is 23.8 Å². The standard InChI is InChI=1S/C21H21FN2O6/c22-11-1-3-12(4-2-11)23-21(28)24-13-5-6-17-15(7-13)16-8-14(9-19(26)27)29-18(10-25)20(16)30-17/h1-7,14,16,18,20,25H,8-10H2,(H,26,27)(H2,23,24,28)/t14-,16-,18+,20+/m0/s1. The van der Waals surface area contributed by atoms with Crippen molar-refractivity contribution in [2.45, 2.75) is 37.1 Å². The van der Waals surface area contributed by atoms with Crippen LogP contribution in [0.3, 0.4) is 0 Å². The number of aliphatic hydroxyl groups excluding tert-OH is 1. The monoisotopic (exact) mass is 416 g/mol. The van der Waals surface area contributed by atoms with E-state index >= 15 is 0 Å². The number of urea groups is 1. The molecule has 8 nitrogen and oxygen atoms in total. The van der Waals surface area contributed by atoms with Crippen molar-refractivity contribution in [1.29, 1.82) is 0 Å². The van der Waals surface area contributed by atoms with Gasteiger partial charge in [-0.05, 0) is 48.9 Å². The third-order valence-corrected chi connectivity index (χ3v) is 5.26. The van der Waals surface area contributed by atoms with Crippen LogP contribution in [-0.2, 0) is 9.53 Å². The molecule has 0 aliphatic carbocycles. The van der Waals surface area contributed by atoms with Crippen LogP contribution in [0, 0.1) is 5.82 Å². The fraction of sp³-hybridized carbons (Fsp3) is 0.333. The Hall–Kier alpha value is -3.17. The summed E-state index contributed by atoms with van der Waals surface area (Å²) < 4.78 is 24.6. The van der Waals surface area contributed by atoms with Gasteiger partial charge in [-0.15, -0.1) is 0 Å². The number of hydrogen-bond acceptors (Lipinski definition) is 5. The maximum atomic E-state index is 13.0. The van der Waals surface area contributed by atoms with Crippen LogP contribution in [0.5, 0.6) is 5.75 Å². The summed E-state index contributed by atoms with van der Waals surface area (Å²) in [6, 6.07) is 10.1. The molecule has 4 atom stereocenters. The highest BCUT2D eigenvalue weighted by Gasteiger charge is 2.46. The van der Waals surface area contributed by atoms with E-state index in [1.807, 2.05) is 0 Å². The van der Waals surface area contributed by atoms with Gasteiger partial charge in [-0.2, -0.15) is 0 Å². The van der Waals surface area contributed by atoms with Gasteiger partial charge >= 0.3 is 12.0 Å². The normalized spacial score (nSPS) is 24.3. The van der Waals surface area contributed by atoms with Gasteiger partial charge in [0.05, 0.1) is 19.1 Å². The lowest BCUT2D eigenvalue weighted by atomic mass is 9.84. The van der Waals surface area contributed by atoms with E-state index in [0.717, 1.165) is 5.56 Å². The molecule has 2 aromatic carbocycles. The molecule has 1 saturated heterocycles. The second kappa shape index (κ2) is 8.29. The molecule has 2 amide bonds. The number of amides is 2. The highest BCUT2D eigenvalue weighted by Crippen LogP contribution is 2.47. The molecular weight excluding hydrogens is 395 g/mol. The van der Waals surface area contributed by atoms with Crippen molar-refractivity contribution in [3.8, 4) is 5.75 Å². The predicted octanol–water partition coefficient (Wildman–Crippen LogP) is 2.94. The first-order chi connectivity index (χ1) is 14.4. The van der Waals surface area contributed by atoms with Crippen molar-refractivity contribution in [3.63, 3.8) is 0 Å². The highest BCUT2D eigenvalue weighted by atomic mass is 19.1. The zero-order chi connectivity index (χ0) is 21.3. The van der Waals surface area contributed by atoms with Crippen LogP contribution in [0.15, 0.2) is 42.5 Å². The topological polar surface area (TPSA) is 117 Å². The fourth-order valence-electron chi connectivity index (χ4n) is 3.99. The summed E-state index contributed by atoms with van der Waals surface area (Å²) in [7, 11) is 0. The van der Waals surface area contributed by atoms with Crippen molar-refractivity contribution >= 4 is 23.4 Å². The minimum atomic E-state index is -0.970. The van der Waals surface area contributed by atoms with Crippen LogP contribution in [0.2, 0.25) is 0 Å². The molecule has 4 N–H and O–H groups in total. The largest absolute Gasteiger partial charge is 0.487 e. The minimum Gasteiger partial charge on any atom is -0.487 e. The van der Waals surface area contributed by atoms with E-state index < -0.39 is 36.1 Å². The number of halogens is 1. The van der Waals surface area contributed by atoms with Gasteiger partial charge in [0.25, 0.3) is 0 Å². The number of ether oxygens (including phenoxy) is 2. The SMILES string of the molecule is O=C(O)C[C@@H]1C[C@H]2c3cc(NC(=O)Nc4ccc(F)cc4)ccc3O[C@H]2[C@@H](CO)O1. The van der Waals surface area contributed by atoms with Crippen molar-refractivity contribution in [1.82, 2.24) is 0 Å². The molecule has 2 aromatic rings. The first kappa shape index (κ1) is 20.1. The molecule has 0 spiro atoms. The Kier molecular flexibility index (Phi) is 5.56. The zero-order valence-electron chi connectivity index (χ0n) is 15.9. The van der Waals surface area contributed by atoms with E-state index in [4.69, 9.17) is 14.6 Å². The van der Waals surface area contributed by atoms with Gasteiger partial charge < -0.3 is 30.3 Å². The lowest BCUT2D eigenvalue weighted by Gasteiger charge is -2.36. The molecular formula is C21H21FN2O6. The number of aliphatic hydroxyl groups is 1. The smallest absolute Gasteiger partial charge is 0.323 e. The van der Waals surface area contributed by atoms with Crippen LogP contribution in [0.25, 0.3) is 0 Å². The number of carbonyl (C=O) groups excluding carboxylic acids is 1. The molecule has 4 rings (SSSR count). The van der Waals surface area contributed by atoms with Crippen LogP contribution in [-0.4, -0.2) is 47.1 Å². The summed E-state index contributed by atoms with van der Waals surface area (Å²) in [5.41, 5.74) is 1.81. The van der Waals surface area contributed by atoms with E-state index in [0.29, 0.717) is 23.5 Å². The van der Waals surface area contributed by atoms with Gasteiger partial charge in [0, 0.05) is 22.9 Å². The van der Waals surface area contributed by atoms with Gasteiger partial charge in [0.2, 0.25) is 0 Å². The molecule has 158 valence electrons. The molecule has 2 heterocycles. The zero-order valence-corrected chi connectivity index (χ0v) is 15.9. The Bertz CT molecular complexity index is 951. The Balaban J connectivity index is 1.49. The first-order valence-electron chi connectivity index (χ1n) is 9.55. The number of nitrogens with one attached hydrogen (secondary N) is 2. The Morgan fingerprint density at radius 3 is 2.50 bits per heavy atom.